The molecule has 0 unspecified atom stereocenters. The maximum atomic E-state index is 14.6. The number of hydrogen-bond acceptors (Lipinski definition) is 4. The first kappa shape index (κ1) is 22.4. The summed E-state index contributed by atoms with van der Waals surface area (Å²) in [5, 5.41) is 2.82. The molecule has 1 amide bonds. The average molecular weight is 477 g/mol. The van der Waals surface area contributed by atoms with Crippen molar-refractivity contribution in [3.8, 4) is 5.69 Å². The highest BCUT2D eigenvalue weighted by Gasteiger charge is 2.28. The molecule has 0 atom stereocenters. The van der Waals surface area contributed by atoms with Gasteiger partial charge in [0.25, 0.3) is 5.91 Å². The van der Waals surface area contributed by atoms with Crippen LogP contribution in [-0.4, -0.2) is 41.3 Å². The molecule has 1 N–H and O–H groups in total. The summed E-state index contributed by atoms with van der Waals surface area (Å²) >= 11 is 6.16. The number of imidazole rings is 1. The second kappa shape index (κ2) is 9.01. The number of hydrogen-bond donors (Lipinski definition) is 1. The molecule has 4 rings (SSSR count). The Labute approximate surface area is 190 Å². The van der Waals surface area contributed by atoms with Crippen molar-refractivity contribution in [3.63, 3.8) is 0 Å². The van der Waals surface area contributed by atoms with Gasteiger partial charge < -0.3 is 9.88 Å². The van der Waals surface area contributed by atoms with Crippen molar-refractivity contribution < 1.29 is 17.6 Å². The fraction of sp³-hybridized carbons (Fsp3) is 0.273. The van der Waals surface area contributed by atoms with Gasteiger partial charge in [0.05, 0.1) is 21.2 Å². The summed E-state index contributed by atoms with van der Waals surface area (Å²) in [6.07, 6.45) is 4.89. The number of carbonyl (C=O) groups excluding carboxylic acids is 1. The Kier molecular flexibility index (Phi) is 6.32. The lowest BCUT2D eigenvalue weighted by atomic mass is 10.1. The minimum Gasteiger partial charge on any atom is -0.348 e. The SMILES string of the molecule is Cc1nccn1-c1ccc(CNC(=O)c2cc(S(=O)(=O)N3CCCC3)ccc2Cl)cc1F. The highest BCUT2D eigenvalue weighted by atomic mass is 35.5. The van der Waals surface area contributed by atoms with E-state index in [2.05, 4.69) is 10.3 Å². The molecular weight excluding hydrogens is 455 g/mol. The standard InChI is InChI=1S/C22H22ClFN4O3S/c1-15-25-8-11-28(15)21-7-4-16(12-20(21)24)14-26-22(29)18-13-17(5-6-19(18)23)32(30,31)27-9-2-3-10-27/h4-8,11-13H,2-3,9-10,14H2,1H3,(H,26,29). The van der Waals surface area contributed by atoms with E-state index >= 15 is 0 Å². The van der Waals surface area contributed by atoms with Crippen LogP contribution in [0.1, 0.15) is 34.6 Å². The molecule has 0 saturated carbocycles. The molecule has 1 aromatic heterocycles. The summed E-state index contributed by atoms with van der Waals surface area (Å²) in [6, 6.07) is 8.75. The highest BCUT2D eigenvalue weighted by Crippen LogP contribution is 2.25. The van der Waals surface area contributed by atoms with Crippen molar-refractivity contribution in [1.29, 1.82) is 0 Å². The Morgan fingerprint density at radius 3 is 2.59 bits per heavy atom. The maximum absolute atomic E-state index is 14.6. The minimum atomic E-state index is -3.68. The molecule has 0 aliphatic carbocycles. The lowest BCUT2D eigenvalue weighted by Crippen LogP contribution is -2.28. The van der Waals surface area contributed by atoms with Gasteiger partial charge in [0.2, 0.25) is 10.0 Å². The number of halogens is 2. The molecule has 2 heterocycles. The number of aryl methyl sites for hydroxylation is 1. The zero-order valence-electron chi connectivity index (χ0n) is 17.4. The van der Waals surface area contributed by atoms with Crippen molar-refractivity contribution in [2.24, 2.45) is 0 Å². The number of nitrogens with one attached hydrogen (secondary N) is 1. The van der Waals surface area contributed by atoms with E-state index in [4.69, 9.17) is 11.6 Å². The van der Waals surface area contributed by atoms with Crippen LogP contribution in [0.4, 0.5) is 4.39 Å². The average Bonchev–Trinajstić information content (AvgIpc) is 3.45. The van der Waals surface area contributed by atoms with Gasteiger partial charge in [-0.25, -0.2) is 17.8 Å². The summed E-state index contributed by atoms with van der Waals surface area (Å²) in [4.78, 5) is 16.8. The summed E-state index contributed by atoms with van der Waals surface area (Å²) in [5.41, 5.74) is 0.963. The molecule has 168 valence electrons. The predicted octanol–water partition coefficient (Wildman–Crippen LogP) is 3.69. The second-order valence-corrected chi connectivity index (χ2v) is 9.91. The van der Waals surface area contributed by atoms with Gasteiger partial charge in [-0.2, -0.15) is 4.31 Å². The first-order valence-corrected chi connectivity index (χ1v) is 12.0. The smallest absolute Gasteiger partial charge is 0.253 e. The van der Waals surface area contributed by atoms with Gasteiger partial charge in [-0.05, 0) is 55.7 Å². The van der Waals surface area contributed by atoms with E-state index in [0.717, 1.165) is 12.8 Å². The zero-order valence-corrected chi connectivity index (χ0v) is 19.0. The topological polar surface area (TPSA) is 84.3 Å². The molecule has 1 saturated heterocycles. The third-order valence-electron chi connectivity index (χ3n) is 5.44. The van der Waals surface area contributed by atoms with Crippen molar-refractivity contribution in [2.75, 3.05) is 13.1 Å². The van der Waals surface area contributed by atoms with Crippen molar-refractivity contribution in [3.05, 3.63) is 76.6 Å². The largest absolute Gasteiger partial charge is 0.348 e. The van der Waals surface area contributed by atoms with Crippen LogP contribution < -0.4 is 5.32 Å². The van der Waals surface area contributed by atoms with Gasteiger partial charge in [0.15, 0.2) is 0 Å². The second-order valence-electron chi connectivity index (χ2n) is 7.57. The van der Waals surface area contributed by atoms with Gasteiger partial charge in [-0.1, -0.05) is 17.7 Å². The Bertz CT molecular complexity index is 1270. The quantitative estimate of drug-likeness (QED) is 0.588. The molecule has 3 aromatic rings. The molecule has 7 nitrogen and oxygen atoms in total. The van der Waals surface area contributed by atoms with Crippen LogP contribution in [-0.2, 0) is 16.6 Å². The van der Waals surface area contributed by atoms with E-state index in [0.29, 0.717) is 30.2 Å². The number of sulfonamides is 1. The number of amides is 1. The van der Waals surface area contributed by atoms with Crippen molar-refractivity contribution in [2.45, 2.75) is 31.2 Å². The molecule has 0 radical (unpaired) electrons. The molecule has 1 aliphatic rings. The number of nitrogens with zero attached hydrogens (tertiary/aromatic N) is 3. The van der Waals surface area contributed by atoms with Crippen LogP contribution in [0.3, 0.4) is 0 Å². The van der Waals surface area contributed by atoms with Crippen LogP contribution >= 0.6 is 11.6 Å². The highest BCUT2D eigenvalue weighted by molar-refractivity contribution is 7.89. The zero-order chi connectivity index (χ0) is 22.9. The third-order valence-corrected chi connectivity index (χ3v) is 7.66. The minimum absolute atomic E-state index is 0.0278. The summed E-state index contributed by atoms with van der Waals surface area (Å²) in [5.74, 6) is -0.332. The van der Waals surface area contributed by atoms with Gasteiger partial charge in [0.1, 0.15) is 11.6 Å². The van der Waals surface area contributed by atoms with E-state index in [1.165, 1.54) is 28.6 Å². The Balaban J connectivity index is 1.50. The summed E-state index contributed by atoms with van der Waals surface area (Å²) in [6.45, 7) is 2.76. The fourth-order valence-corrected chi connectivity index (χ4v) is 5.43. The normalized spacial score (nSPS) is 14.6. The van der Waals surface area contributed by atoms with Gasteiger partial charge in [0, 0.05) is 32.0 Å². The van der Waals surface area contributed by atoms with Crippen LogP contribution in [0.15, 0.2) is 53.7 Å². The molecule has 32 heavy (non-hydrogen) atoms. The number of benzene rings is 2. The van der Waals surface area contributed by atoms with E-state index < -0.39 is 21.7 Å². The van der Waals surface area contributed by atoms with Crippen molar-refractivity contribution in [1.82, 2.24) is 19.2 Å². The molecule has 1 fully saturated rings. The Hall–Kier alpha value is -2.75. The molecule has 0 bridgehead atoms. The van der Waals surface area contributed by atoms with Gasteiger partial charge in [-0.3, -0.25) is 4.79 Å². The van der Waals surface area contributed by atoms with Crippen molar-refractivity contribution >= 4 is 27.5 Å². The predicted molar refractivity (Wildman–Crippen MR) is 119 cm³/mol. The first-order valence-electron chi connectivity index (χ1n) is 10.1. The van der Waals surface area contributed by atoms with Crippen LogP contribution in [0.5, 0.6) is 0 Å². The Morgan fingerprint density at radius 2 is 1.94 bits per heavy atom. The maximum Gasteiger partial charge on any atom is 0.253 e. The van der Waals surface area contributed by atoms with Crippen LogP contribution in [0.2, 0.25) is 5.02 Å². The molecule has 1 aliphatic heterocycles. The van der Waals surface area contributed by atoms with Gasteiger partial charge in [-0.15, -0.1) is 0 Å². The monoisotopic (exact) mass is 476 g/mol. The summed E-state index contributed by atoms with van der Waals surface area (Å²) < 4.78 is 43.2. The molecule has 10 heteroatoms. The van der Waals surface area contributed by atoms with E-state index in [1.54, 1.807) is 36.0 Å². The lowest BCUT2D eigenvalue weighted by molar-refractivity contribution is 0.0950. The Morgan fingerprint density at radius 1 is 1.19 bits per heavy atom. The lowest BCUT2D eigenvalue weighted by Gasteiger charge is -2.16. The van der Waals surface area contributed by atoms with E-state index in [9.17, 15) is 17.6 Å². The molecular formula is C22H22ClFN4O3S. The van der Waals surface area contributed by atoms with Crippen LogP contribution in [0, 0.1) is 12.7 Å². The fourth-order valence-electron chi connectivity index (χ4n) is 3.68. The first-order chi connectivity index (χ1) is 15.3. The molecule has 2 aromatic carbocycles. The summed E-state index contributed by atoms with van der Waals surface area (Å²) in [7, 11) is -3.68. The van der Waals surface area contributed by atoms with Gasteiger partial charge >= 0.3 is 0 Å². The third kappa shape index (κ3) is 4.41. The number of aromatic nitrogens is 2. The number of rotatable bonds is 6. The number of carbonyl (C=O) groups is 1. The van der Waals surface area contributed by atoms with Crippen LogP contribution in [0.25, 0.3) is 5.69 Å². The van der Waals surface area contributed by atoms with E-state index in [-0.39, 0.29) is 22.0 Å². The van der Waals surface area contributed by atoms with E-state index in [1.807, 2.05) is 0 Å². The molecule has 0 spiro atoms.